The Morgan fingerprint density at radius 2 is 2.14 bits per heavy atom. The summed E-state index contributed by atoms with van der Waals surface area (Å²) in [4.78, 5) is 10.5. The predicted molar refractivity (Wildman–Crippen MR) is 56.5 cm³/mol. The number of carboxylic acids is 1. The average Bonchev–Trinajstić information content (AvgIpc) is 2.13. The monoisotopic (exact) mass is 278 g/mol. The summed E-state index contributed by atoms with van der Waals surface area (Å²) in [5.41, 5.74) is 1.08. The van der Waals surface area contributed by atoms with Gasteiger partial charge in [-0.3, -0.25) is 0 Å². The van der Waals surface area contributed by atoms with Gasteiger partial charge in [0, 0.05) is 10.0 Å². The number of hydrogen-bond acceptors (Lipinski definition) is 2. The first-order valence-electron chi connectivity index (χ1n) is 3.80. The van der Waals surface area contributed by atoms with E-state index in [0.717, 1.165) is 5.56 Å². The fourth-order valence-corrected chi connectivity index (χ4v) is 1.68. The van der Waals surface area contributed by atoms with E-state index in [1.165, 1.54) is 6.07 Å². The fourth-order valence-electron chi connectivity index (χ4n) is 1.01. The molecule has 0 aromatic heterocycles. The Labute approximate surface area is 94.4 Å². The lowest BCUT2D eigenvalue weighted by atomic mass is 10.1. The Kier molecular flexibility index (Phi) is 3.53. The van der Waals surface area contributed by atoms with Gasteiger partial charge in [0.2, 0.25) is 0 Å². The van der Waals surface area contributed by atoms with E-state index in [9.17, 15) is 9.90 Å². The lowest BCUT2D eigenvalue weighted by Crippen LogP contribution is -2.11. The molecule has 0 fully saturated rings. The molecular weight excluding hydrogens is 271 g/mol. The first kappa shape index (κ1) is 11.5. The van der Waals surface area contributed by atoms with Crippen LogP contribution in [-0.2, 0) is 4.79 Å². The minimum Gasteiger partial charge on any atom is -0.479 e. The molecular formula is C9H8BrClO3. The standard InChI is InChI=1S/C9H8BrClO3/c1-4-2-3-5(7(11)6(4)10)8(12)9(13)14/h2-3,8,12H,1H3,(H,13,14). The smallest absolute Gasteiger partial charge is 0.337 e. The van der Waals surface area contributed by atoms with Crippen LogP contribution in [0.5, 0.6) is 0 Å². The molecule has 0 aliphatic rings. The zero-order valence-electron chi connectivity index (χ0n) is 7.29. The number of benzene rings is 1. The first-order valence-corrected chi connectivity index (χ1v) is 4.97. The van der Waals surface area contributed by atoms with Crippen molar-refractivity contribution in [1.29, 1.82) is 0 Å². The van der Waals surface area contributed by atoms with Crippen LogP contribution in [0.3, 0.4) is 0 Å². The second-order valence-electron chi connectivity index (χ2n) is 2.84. The van der Waals surface area contributed by atoms with E-state index in [0.29, 0.717) is 4.47 Å². The SMILES string of the molecule is Cc1ccc(C(O)C(=O)O)c(Cl)c1Br. The molecule has 1 atom stereocenters. The van der Waals surface area contributed by atoms with Gasteiger partial charge in [0.1, 0.15) is 0 Å². The summed E-state index contributed by atoms with van der Waals surface area (Å²) in [7, 11) is 0. The molecule has 0 bridgehead atoms. The predicted octanol–water partition coefficient (Wildman–Crippen LogP) is 2.53. The van der Waals surface area contributed by atoms with Gasteiger partial charge in [0.05, 0.1) is 5.02 Å². The summed E-state index contributed by atoms with van der Waals surface area (Å²) >= 11 is 9.08. The van der Waals surface area contributed by atoms with Crippen molar-refractivity contribution in [1.82, 2.24) is 0 Å². The summed E-state index contributed by atoms with van der Waals surface area (Å²) in [5, 5.41) is 18.1. The molecule has 1 unspecified atom stereocenters. The van der Waals surface area contributed by atoms with Gasteiger partial charge in [-0.1, -0.05) is 23.7 Å². The Morgan fingerprint density at radius 3 is 2.64 bits per heavy atom. The third-order valence-electron chi connectivity index (χ3n) is 1.83. The van der Waals surface area contributed by atoms with E-state index in [1.807, 2.05) is 6.92 Å². The summed E-state index contributed by atoms with van der Waals surface area (Å²) in [6, 6.07) is 3.19. The number of halogens is 2. The van der Waals surface area contributed by atoms with E-state index in [2.05, 4.69) is 15.9 Å². The third kappa shape index (κ3) is 2.08. The fraction of sp³-hybridized carbons (Fsp3) is 0.222. The molecule has 76 valence electrons. The van der Waals surface area contributed by atoms with Crippen molar-refractivity contribution in [2.24, 2.45) is 0 Å². The topological polar surface area (TPSA) is 57.5 Å². The van der Waals surface area contributed by atoms with E-state index in [-0.39, 0.29) is 10.6 Å². The largest absolute Gasteiger partial charge is 0.479 e. The zero-order valence-corrected chi connectivity index (χ0v) is 9.63. The van der Waals surface area contributed by atoms with Crippen LogP contribution in [0, 0.1) is 6.92 Å². The Bertz CT molecular complexity index is 379. The van der Waals surface area contributed by atoms with Gasteiger partial charge in [-0.05, 0) is 28.4 Å². The molecule has 1 rings (SSSR count). The number of carboxylic acid groups (broad SMARTS) is 1. The third-order valence-corrected chi connectivity index (χ3v) is 3.49. The van der Waals surface area contributed by atoms with Crippen molar-refractivity contribution in [3.63, 3.8) is 0 Å². The van der Waals surface area contributed by atoms with E-state index < -0.39 is 12.1 Å². The molecule has 0 saturated heterocycles. The van der Waals surface area contributed by atoms with Gasteiger partial charge < -0.3 is 10.2 Å². The van der Waals surface area contributed by atoms with E-state index in [4.69, 9.17) is 16.7 Å². The molecule has 0 spiro atoms. The van der Waals surface area contributed by atoms with Crippen LogP contribution in [-0.4, -0.2) is 16.2 Å². The highest BCUT2D eigenvalue weighted by molar-refractivity contribution is 9.10. The van der Waals surface area contributed by atoms with Gasteiger partial charge in [-0.25, -0.2) is 4.79 Å². The highest BCUT2D eigenvalue weighted by Gasteiger charge is 2.20. The highest BCUT2D eigenvalue weighted by atomic mass is 79.9. The molecule has 0 saturated carbocycles. The Hall–Kier alpha value is -0.580. The average molecular weight is 280 g/mol. The highest BCUT2D eigenvalue weighted by Crippen LogP contribution is 2.32. The molecule has 0 amide bonds. The molecule has 0 aliphatic carbocycles. The van der Waals surface area contributed by atoms with Crippen molar-refractivity contribution in [3.8, 4) is 0 Å². The minimum absolute atomic E-state index is 0.191. The van der Waals surface area contributed by atoms with Gasteiger partial charge in [-0.2, -0.15) is 0 Å². The molecule has 0 radical (unpaired) electrons. The van der Waals surface area contributed by atoms with Crippen LogP contribution in [0.25, 0.3) is 0 Å². The molecule has 0 heterocycles. The van der Waals surface area contributed by atoms with Crippen LogP contribution in [0.4, 0.5) is 0 Å². The van der Waals surface area contributed by atoms with Crippen LogP contribution in [0.2, 0.25) is 5.02 Å². The number of aliphatic carboxylic acids is 1. The van der Waals surface area contributed by atoms with Gasteiger partial charge >= 0.3 is 5.97 Å². The van der Waals surface area contributed by atoms with Gasteiger partial charge in [0.25, 0.3) is 0 Å². The molecule has 14 heavy (non-hydrogen) atoms. The van der Waals surface area contributed by atoms with Crippen LogP contribution in [0.1, 0.15) is 17.2 Å². The van der Waals surface area contributed by atoms with Gasteiger partial charge in [0.15, 0.2) is 6.10 Å². The molecule has 0 aliphatic heterocycles. The second-order valence-corrected chi connectivity index (χ2v) is 4.01. The lowest BCUT2D eigenvalue weighted by molar-refractivity contribution is -0.146. The minimum atomic E-state index is -1.58. The summed E-state index contributed by atoms with van der Waals surface area (Å²) in [6.07, 6.45) is -1.58. The lowest BCUT2D eigenvalue weighted by Gasteiger charge is -2.10. The molecule has 5 heteroatoms. The second kappa shape index (κ2) is 4.29. The zero-order chi connectivity index (χ0) is 10.9. The van der Waals surface area contributed by atoms with Crippen molar-refractivity contribution < 1.29 is 15.0 Å². The number of carbonyl (C=O) groups is 1. The molecule has 1 aromatic carbocycles. The summed E-state index contributed by atoms with van der Waals surface area (Å²) in [6.45, 7) is 1.83. The van der Waals surface area contributed by atoms with Crippen molar-refractivity contribution in [3.05, 3.63) is 32.8 Å². The van der Waals surface area contributed by atoms with Crippen LogP contribution >= 0.6 is 27.5 Å². The number of aliphatic hydroxyl groups excluding tert-OH is 1. The van der Waals surface area contributed by atoms with Crippen molar-refractivity contribution in [2.45, 2.75) is 13.0 Å². The Morgan fingerprint density at radius 1 is 1.57 bits per heavy atom. The van der Waals surface area contributed by atoms with E-state index in [1.54, 1.807) is 6.07 Å². The maximum Gasteiger partial charge on any atom is 0.337 e. The van der Waals surface area contributed by atoms with Crippen molar-refractivity contribution in [2.75, 3.05) is 0 Å². The number of aryl methyl sites for hydroxylation is 1. The van der Waals surface area contributed by atoms with E-state index >= 15 is 0 Å². The number of aliphatic hydroxyl groups is 1. The summed E-state index contributed by atoms with van der Waals surface area (Å²) < 4.78 is 0.608. The molecule has 1 aromatic rings. The van der Waals surface area contributed by atoms with Crippen molar-refractivity contribution >= 4 is 33.5 Å². The summed E-state index contributed by atoms with van der Waals surface area (Å²) in [5.74, 6) is -1.32. The number of rotatable bonds is 2. The quantitative estimate of drug-likeness (QED) is 0.874. The number of hydrogen-bond donors (Lipinski definition) is 2. The molecule has 2 N–H and O–H groups in total. The normalized spacial score (nSPS) is 12.6. The molecule has 3 nitrogen and oxygen atoms in total. The maximum absolute atomic E-state index is 10.5. The Balaban J connectivity index is 3.24. The maximum atomic E-state index is 10.5. The van der Waals surface area contributed by atoms with Crippen LogP contribution < -0.4 is 0 Å². The van der Waals surface area contributed by atoms with Gasteiger partial charge in [-0.15, -0.1) is 0 Å². The van der Waals surface area contributed by atoms with Crippen LogP contribution in [0.15, 0.2) is 16.6 Å². The first-order chi connectivity index (χ1) is 6.45.